The number of piperidine rings is 1. The summed E-state index contributed by atoms with van der Waals surface area (Å²) in [6.45, 7) is 6.19. The molecule has 27 heavy (non-hydrogen) atoms. The lowest BCUT2D eigenvalue weighted by molar-refractivity contribution is 0.0178. The molecule has 0 unspecified atom stereocenters. The van der Waals surface area contributed by atoms with Gasteiger partial charge in [-0.15, -0.1) is 0 Å². The summed E-state index contributed by atoms with van der Waals surface area (Å²) >= 11 is 0. The quantitative estimate of drug-likeness (QED) is 0.784. The molecule has 0 atom stereocenters. The number of nitriles is 1. The molecule has 0 aliphatic carbocycles. The number of benzene rings is 1. The van der Waals surface area contributed by atoms with Crippen LogP contribution in [-0.2, 0) is 20.5 Å². The monoisotopic (exact) mass is 393 g/mol. The fourth-order valence-electron chi connectivity index (χ4n) is 2.97. The predicted molar refractivity (Wildman–Crippen MR) is 102 cm³/mol. The van der Waals surface area contributed by atoms with Crippen LogP contribution < -0.4 is 0 Å². The Morgan fingerprint density at radius 1 is 1.26 bits per heavy atom. The van der Waals surface area contributed by atoms with Gasteiger partial charge in [-0.05, 0) is 51.3 Å². The van der Waals surface area contributed by atoms with Gasteiger partial charge in [0, 0.05) is 26.2 Å². The highest BCUT2D eigenvalue weighted by atomic mass is 32.2. The first kappa shape index (κ1) is 21.2. The van der Waals surface area contributed by atoms with Crippen molar-refractivity contribution in [1.82, 2.24) is 9.21 Å². The maximum absolute atomic E-state index is 12.7. The van der Waals surface area contributed by atoms with E-state index in [9.17, 15) is 13.2 Å². The summed E-state index contributed by atoms with van der Waals surface area (Å²) in [4.78, 5) is 13.7. The third-order valence-corrected chi connectivity index (χ3v) is 6.33. The van der Waals surface area contributed by atoms with E-state index in [0.29, 0.717) is 37.1 Å². The van der Waals surface area contributed by atoms with E-state index in [2.05, 4.69) is 0 Å². The van der Waals surface area contributed by atoms with Crippen LogP contribution in [0.2, 0.25) is 0 Å². The molecule has 1 aliphatic rings. The van der Waals surface area contributed by atoms with E-state index in [-0.39, 0.29) is 17.9 Å². The number of carbonyl (C=O) groups is 1. The summed E-state index contributed by atoms with van der Waals surface area (Å²) in [5.74, 6) is -0.0920. The average Bonchev–Trinajstić information content (AvgIpc) is 2.60. The van der Waals surface area contributed by atoms with Crippen molar-refractivity contribution < 1.29 is 17.9 Å². The molecule has 0 aromatic heterocycles. The highest BCUT2D eigenvalue weighted by Gasteiger charge is 2.32. The fourth-order valence-corrected chi connectivity index (χ4v) is 4.53. The second-order valence-corrected chi connectivity index (χ2v) is 9.76. The molecule has 1 aromatic rings. The summed E-state index contributed by atoms with van der Waals surface area (Å²) in [6.07, 6.45) is 0.756. The van der Waals surface area contributed by atoms with Gasteiger partial charge in [-0.3, -0.25) is 0 Å². The molecule has 8 heteroatoms. The van der Waals surface area contributed by atoms with Crippen LogP contribution in [0.15, 0.2) is 24.3 Å². The zero-order valence-corrected chi connectivity index (χ0v) is 17.1. The maximum atomic E-state index is 12.7. The second kappa shape index (κ2) is 8.28. The zero-order valence-electron chi connectivity index (χ0n) is 16.3. The van der Waals surface area contributed by atoms with Gasteiger partial charge in [0.15, 0.2) is 0 Å². The molecule has 2 rings (SSSR count). The Balaban J connectivity index is 1.93. The maximum Gasteiger partial charge on any atom is 0.410 e. The number of amides is 1. The molecule has 1 saturated heterocycles. The first-order valence-corrected chi connectivity index (χ1v) is 10.6. The molecule has 1 aliphatic heterocycles. The number of nitrogens with zero attached hydrogens (tertiary/aromatic N) is 3. The lowest BCUT2D eigenvalue weighted by Crippen LogP contribution is -2.48. The minimum absolute atomic E-state index is 0.0405. The Kier molecular flexibility index (Phi) is 6.50. The van der Waals surface area contributed by atoms with Gasteiger partial charge in [0.2, 0.25) is 10.0 Å². The average molecular weight is 394 g/mol. The molecule has 0 N–H and O–H groups in total. The van der Waals surface area contributed by atoms with Crippen LogP contribution in [0, 0.1) is 11.3 Å². The first-order valence-electron chi connectivity index (χ1n) is 8.94. The minimum atomic E-state index is -3.44. The number of carbonyl (C=O) groups excluding carboxylic acids is 1. The molecule has 1 amide bonds. The third-order valence-electron chi connectivity index (χ3n) is 4.48. The summed E-state index contributed by atoms with van der Waals surface area (Å²) in [7, 11) is -1.74. The summed E-state index contributed by atoms with van der Waals surface area (Å²) < 4.78 is 32.2. The van der Waals surface area contributed by atoms with Gasteiger partial charge in [0.25, 0.3) is 0 Å². The number of hydrogen-bond donors (Lipinski definition) is 0. The van der Waals surface area contributed by atoms with E-state index >= 15 is 0 Å². The Hall–Kier alpha value is -2.11. The molecule has 1 fully saturated rings. The van der Waals surface area contributed by atoms with Crippen molar-refractivity contribution >= 4 is 16.1 Å². The van der Waals surface area contributed by atoms with E-state index in [4.69, 9.17) is 10.00 Å². The van der Waals surface area contributed by atoms with Crippen LogP contribution >= 0.6 is 0 Å². The standard InChI is InChI=1S/C19H27N3O4S/c1-19(2,3)26-18(23)21(4)17-9-11-22(12-10-17)27(24,25)14-16-7-5-15(13-20)6-8-16/h5-8,17H,9-12,14H2,1-4H3. The predicted octanol–water partition coefficient (Wildman–Crippen LogP) is 2.72. The molecule has 1 heterocycles. The molecule has 0 bridgehead atoms. The Morgan fingerprint density at radius 2 is 1.81 bits per heavy atom. The Labute approximate surface area is 161 Å². The fraction of sp³-hybridized carbons (Fsp3) is 0.579. The lowest BCUT2D eigenvalue weighted by Gasteiger charge is -2.36. The van der Waals surface area contributed by atoms with E-state index in [0.717, 1.165) is 0 Å². The van der Waals surface area contributed by atoms with Crippen LogP contribution in [0.25, 0.3) is 0 Å². The lowest BCUT2D eigenvalue weighted by atomic mass is 10.1. The molecule has 0 spiro atoms. The largest absolute Gasteiger partial charge is 0.444 e. The number of hydrogen-bond acceptors (Lipinski definition) is 5. The van der Waals surface area contributed by atoms with E-state index in [1.807, 2.05) is 26.8 Å². The second-order valence-electron chi connectivity index (χ2n) is 7.79. The van der Waals surface area contributed by atoms with Crippen molar-refractivity contribution in [3.05, 3.63) is 35.4 Å². The normalized spacial score (nSPS) is 16.6. The van der Waals surface area contributed by atoms with E-state index in [1.54, 1.807) is 36.2 Å². The van der Waals surface area contributed by atoms with Crippen LogP contribution in [0.1, 0.15) is 44.7 Å². The topological polar surface area (TPSA) is 90.7 Å². The van der Waals surface area contributed by atoms with Crippen molar-refractivity contribution in [2.75, 3.05) is 20.1 Å². The number of ether oxygens (including phenoxy) is 1. The zero-order chi connectivity index (χ0) is 20.2. The molecule has 7 nitrogen and oxygen atoms in total. The minimum Gasteiger partial charge on any atom is -0.444 e. The van der Waals surface area contributed by atoms with E-state index < -0.39 is 15.6 Å². The SMILES string of the molecule is CN(C(=O)OC(C)(C)C)C1CCN(S(=O)(=O)Cc2ccc(C#N)cc2)CC1. The van der Waals surface area contributed by atoms with Crippen molar-refractivity contribution in [3.8, 4) is 6.07 Å². The Bertz CT molecular complexity index is 799. The van der Waals surface area contributed by atoms with E-state index in [1.165, 1.54) is 4.31 Å². The van der Waals surface area contributed by atoms with Crippen LogP contribution in [0.4, 0.5) is 4.79 Å². The molecule has 1 aromatic carbocycles. The number of sulfonamides is 1. The van der Waals surface area contributed by atoms with Crippen LogP contribution in [0.5, 0.6) is 0 Å². The summed E-state index contributed by atoms with van der Waals surface area (Å²) in [5.41, 5.74) is 0.598. The highest BCUT2D eigenvalue weighted by Crippen LogP contribution is 2.22. The summed E-state index contributed by atoms with van der Waals surface area (Å²) in [5, 5.41) is 8.82. The number of rotatable bonds is 4. The van der Waals surface area contributed by atoms with Gasteiger partial charge in [0.05, 0.1) is 17.4 Å². The smallest absolute Gasteiger partial charge is 0.410 e. The van der Waals surface area contributed by atoms with Gasteiger partial charge >= 0.3 is 6.09 Å². The summed E-state index contributed by atoms with van der Waals surface area (Å²) in [6, 6.07) is 8.54. The van der Waals surface area contributed by atoms with Crippen molar-refractivity contribution in [3.63, 3.8) is 0 Å². The molecular formula is C19H27N3O4S. The third kappa shape index (κ3) is 5.94. The van der Waals surface area contributed by atoms with Crippen molar-refractivity contribution in [1.29, 1.82) is 5.26 Å². The first-order chi connectivity index (χ1) is 12.5. The molecule has 0 radical (unpaired) electrons. The van der Waals surface area contributed by atoms with Crippen LogP contribution in [0.3, 0.4) is 0 Å². The molecular weight excluding hydrogens is 366 g/mol. The Morgan fingerprint density at radius 3 is 2.30 bits per heavy atom. The molecule has 148 valence electrons. The van der Waals surface area contributed by atoms with Crippen LogP contribution in [-0.4, -0.2) is 55.5 Å². The highest BCUT2D eigenvalue weighted by molar-refractivity contribution is 7.88. The molecule has 0 saturated carbocycles. The van der Waals surface area contributed by atoms with Crippen molar-refractivity contribution in [2.24, 2.45) is 0 Å². The van der Waals surface area contributed by atoms with Gasteiger partial charge in [0.1, 0.15) is 5.60 Å². The van der Waals surface area contributed by atoms with Gasteiger partial charge in [-0.25, -0.2) is 17.5 Å². The van der Waals surface area contributed by atoms with Gasteiger partial charge in [-0.1, -0.05) is 12.1 Å². The van der Waals surface area contributed by atoms with Crippen molar-refractivity contribution in [2.45, 2.75) is 51.0 Å². The van der Waals surface area contributed by atoms with Gasteiger partial charge in [-0.2, -0.15) is 5.26 Å². The van der Waals surface area contributed by atoms with Gasteiger partial charge < -0.3 is 9.64 Å².